The predicted octanol–water partition coefficient (Wildman–Crippen LogP) is 3.69. The van der Waals surface area contributed by atoms with Gasteiger partial charge in [-0.25, -0.2) is 4.39 Å². The normalized spacial score (nSPS) is 21.7. The molecular formula is C21H21FN2O2. The average molecular weight is 352 g/mol. The van der Waals surface area contributed by atoms with Crippen LogP contribution in [0.4, 0.5) is 10.1 Å². The summed E-state index contributed by atoms with van der Waals surface area (Å²) in [4.78, 5) is 26.1. The minimum Gasteiger partial charge on any atom is -0.338 e. The Morgan fingerprint density at radius 3 is 2.81 bits per heavy atom. The first-order valence-corrected chi connectivity index (χ1v) is 9.04. The number of hydrogen-bond acceptors (Lipinski definition) is 2. The number of carbonyl (C=O) groups is 2. The van der Waals surface area contributed by atoms with Gasteiger partial charge in [0.05, 0.1) is 0 Å². The van der Waals surface area contributed by atoms with Gasteiger partial charge in [0.25, 0.3) is 0 Å². The van der Waals surface area contributed by atoms with Crippen molar-refractivity contribution in [2.24, 2.45) is 5.92 Å². The van der Waals surface area contributed by atoms with Gasteiger partial charge < -0.3 is 10.2 Å². The van der Waals surface area contributed by atoms with Gasteiger partial charge in [-0.05, 0) is 48.1 Å². The third-order valence-electron chi connectivity index (χ3n) is 5.17. The monoisotopic (exact) mass is 352 g/mol. The van der Waals surface area contributed by atoms with Crippen molar-refractivity contribution in [3.05, 3.63) is 65.5 Å². The Hall–Kier alpha value is -2.69. The Labute approximate surface area is 152 Å². The van der Waals surface area contributed by atoms with Crippen molar-refractivity contribution in [1.82, 2.24) is 4.90 Å². The van der Waals surface area contributed by atoms with E-state index < -0.39 is 0 Å². The van der Waals surface area contributed by atoms with Crippen LogP contribution in [0.15, 0.2) is 48.5 Å². The standard InChI is InChI=1S/C21H21FN2O2/c22-19-8-2-1-7-16(19)17-12-18(17)21(26)23-15-6-3-5-14(11-15)13-24-10-4-9-20(24)25/h1-3,5-8,11,17-18H,4,9-10,12-13H2,(H,23,26). The van der Waals surface area contributed by atoms with Crippen LogP contribution >= 0.6 is 0 Å². The molecule has 1 saturated heterocycles. The first-order chi connectivity index (χ1) is 12.6. The molecule has 4 nitrogen and oxygen atoms in total. The molecule has 1 saturated carbocycles. The highest BCUT2D eigenvalue weighted by Gasteiger charge is 2.45. The largest absolute Gasteiger partial charge is 0.338 e. The maximum absolute atomic E-state index is 13.9. The van der Waals surface area contributed by atoms with E-state index in [1.807, 2.05) is 29.2 Å². The number of likely N-dealkylation sites (tertiary alicyclic amines) is 1. The zero-order chi connectivity index (χ0) is 18.1. The summed E-state index contributed by atoms with van der Waals surface area (Å²) in [6, 6.07) is 14.2. The maximum Gasteiger partial charge on any atom is 0.228 e. The second kappa shape index (κ2) is 6.90. The van der Waals surface area contributed by atoms with Crippen molar-refractivity contribution >= 4 is 17.5 Å². The number of nitrogens with one attached hydrogen (secondary N) is 1. The third-order valence-corrected chi connectivity index (χ3v) is 5.17. The van der Waals surface area contributed by atoms with Crippen molar-refractivity contribution < 1.29 is 14.0 Å². The van der Waals surface area contributed by atoms with Crippen LogP contribution < -0.4 is 5.32 Å². The van der Waals surface area contributed by atoms with E-state index in [0.717, 1.165) is 24.2 Å². The lowest BCUT2D eigenvalue weighted by atomic mass is 10.1. The zero-order valence-corrected chi connectivity index (χ0v) is 14.5. The number of carbonyl (C=O) groups excluding carboxylic acids is 2. The molecular weight excluding hydrogens is 331 g/mol. The molecule has 2 aromatic carbocycles. The highest BCUT2D eigenvalue weighted by atomic mass is 19.1. The van der Waals surface area contributed by atoms with Crippen LogP contribution in [0, 0.1) is 11.7 Å². The van der Waals surface area contributed by atoms with E-state index >= 15 is 0 Å². The van der Waals surface area contributed by atoms with Gasteiger partial charge in [-0.3, -0.25) is 9.59 Å². The molecule has 26 heavy (non-hydrogen) atoms. The third kappa shape index (κ3) is 3.47. The van der Waals surface area contributed by atoms with E-state index in [1.54, 1.807) is 18.2 Å². The number of anilines is 1. The Morgan fingerprint density at radius 1 is 1.19 bits per heavy atom. The van der Waals surface area contributed by atoms with E-state index in [1.165, 1.54) is 6.07 Å². The second-order valence-electron chi connectivity index (χ2n) is 7.08. The van der Waals surface area contributed by atoms with E-state index in [9.17, 15) is 14.0 Å². The summed E-state index contributed by atoms with van der Waals surface area (Å²) in [6.07, 6.45) is 2.21. The number of rotatable bonds is 5. The number of hydrogen-bond donors (Lipinski definition) is 1. The molecule has 1 aliphatic carbocycles. The Balaban J connectivity index is 1.39. The van der Waals surface area contributed by atoms with E-state index in [2.05, 4.69) is 5.32 Å². The highest BCUT2D eigenvalue weighted by Crippen LogP contribution is 2.48. The molecule has 1 aliphatic heterocycles. The van der Waals surface area contributed by atoms with Crippen LogP contribution in [0.5, 0.6) is 0 Å². The SMILES string of the molecule is O=C(Nc1cccc(CN2CCCC2=O)c1)C1CC1c1ccccc1F. The van der Waals surface area contributed by atoms with Crippen LogP contribution in [0.2, 0.25) is 0 Å². The lowest BCUT2D eigenvalue weighted by Crippen LogP contribution is -2.24. The quantitative estimate of drug-likeness (QED) is 0.892. The Bertz CT molecular complexity index is 851. The van der Waals surface area contributed by atoms with Crippen molar-refractivity contribution in [3.8, 4) is 0 Å². The number of halogens is 1. The molecule has 2 amide bonds. The summed E-state index contributed by atoms with van der Waals surface area (Å²) < 4.78 is 13.9. The molecule has 0 spiro atoms. The maximum atomic E-state index is 13.9. The van der Waals surface area contributed by atoms with Crippen LogP contribution in [-0.2, 0) is 16.1 Å². The van der Waals surface area contributed by atoms with Crippen molar-refractivity contribution in [3.63, 3.8) is 0 Å². The van der Waals surface area contributed by atoms with Crippen molar-refractivity contribution in [1.29, 1.82) is 0 Å². The van der Waals surface area contributed by atoms with E-state index in [0.29, 0.717) is 24.9 Å². The molecule has 2 unspecified atom stereocenters. The van der Waals surface area contributed by atoms with Gasteiger partial charge in [-0.1, -0.05) is 30.3 Å². The molecule has 134 valence electrons. The topological polar surface area (TPSA) is 49.4 Å². The van der Waals surface area contributed by atoms with Gasteiger partial charge in [0.1, 0.15) is 5.82 Å². The summed E-state index contributed by atoms with van der Waals surface area (Å²) in [5.41, 5.74) is 2.34. The molecule has 2 aliphatic rings. The Kier molecular flexibility index (Phi) is 4.45. The summed E-state index contributed by atoms with van der Waals surface area (Å²) in [5, 5.41) is 2.93. The van der Waals surface area contributed by atoms with Gasteiger partial charge in [0.2, 0.25) is 11.8 Å². The first-order valence-electron chi connectivity index (χ1n) is 9.04. The number of nitrogens with zero attached hydrogens (tertiary/aromatic N) is 1. The molecule has 4 rings (SSSR count). The predicted molar refractivity (Wildman–Crippen MR) is 97.0 cm³/mol. The van der Waals surface area contributed by atoms with Gasteiger partial charge in [0.15, 0.2) is 0 Å². The summed E-state index contributed by atoms with van der Waals surface area (Å²) in [7, 11) is 0. The first kappa shape index (κ1) is 16.8. The minimum absolute atomic E-state index is 0.0402. The fourth-order valence-corrected chi connectivity index (χ4v) is 3.68. The fraction of sp³-hybridized carbons (Fsp3) is 0.333. The van der Waals surface area contributed by atoms with Crippen LogP contribution in [0.25, 0.3) is 0 Å². The van der Waals surface area contributed by atoms with Gasteiger partial charge in [-0.15, -0.1) is 0 Å². The average Bonchev–Trinajstić information content (AvgIpc) is 3.33. The van der Waals surface area contributed by atoms with Gasteiger partial charge in [-0.2, -0.15) is 0 Å². The molecule has 1 N–H and O–H groups in total. The van der Waals surface area contributed by atoms with Crippen molar-refractivity contribution in [2.45, 2.75) is 31.7 Å². The van der Waals surface area contributed by atoms with Crippen LogP contribution in [0.3, 0.4) is 0 Å². The number of benzene rings is 2. The Morgan fingerprint density at radius 2 is 2.04 bits per heavy atom. The van der Waals surface area contributed by atoms with Gasteiger partial charge in [0, 0.05) is 31.1 Å². The summed E-state index contributed by atoms with van der Waals surface area (Å²) >= 11 is 0. The molecule has 2 fully saturated rings. The highest BCUT2D eigenvalue weighted by molar-refractivity contribution is 5.95. The molecule has 5 heteroatoms. The summed E-state index contributed by atoms with van der Waals surface area (Å²) in [5.74, 6) is -0.361. The van der Waals surface area contributed by atoms with Gasteiger partial charge >= 0.3 is 0 Å². The van der Waals surface area contributed by atoms with Crippen LogP contribution in [-0.4, -0.2) is 23.3 Å². The smallest absolute Gasteiger partial charge is 0.228 e. The van der Waals surface area contributed by atoms with E-state index in [4.69, 9.17) is 0 Å². The lowest BCUT2D eigenvalue weighted by molar-refractivity contribution is -0.128. The zero-order valence-electron chi connectivity index (χ0n) is 14.5. The van der Waals surface area contributed by atoms with Crippen LogP contribution in [0.1, 0.15) is 36.3 Å². The lowest BCUT2D eigenvalue weighted by Gasteiger charge is -2.16. The number of amides is 2. The molecule has 0 radical (unpaired) electrons. The molecule has 2 aromatic rings. The second-order valence-corrected chi connectivity index (χ2v) is 7.08. The molecule has 1 heterocycles. The fourth-order valence-electron chi connectivity index (χ4n) is 3.68. The molecule has 0 aromatic heterocycles. The molecule has 0 bridgehead atoms. The molecule has 2 atom stereocenters. The summed E-state index contributed by atoms with van der Waals surface area (Å²) in [6.45, 7) is 1.37. The van der Waals surface area contributed by atoms with Crippen molar-refractivity contribution in [2.75, 3.05) is 11.9 Å². The minimum atomic E-state index is -0.245. The van der Waals surface area contributed by atoms with E-state index in [-0.39, 0.29) is 29.5 Å².